The van der Waals surface area contributed by atoms with Crippen molar-refractivity contribution >= 4 is 5.91 Å². The second-order valence-electron chi connectivity index (χ2n) is 7.96. The summed E-state index contributed by atoms with van der Waals surface area (Å²) in [6.45, 7) is 7.05. The van der Waals surface area contributed by atoms with E-state index < -0.39 is 0 Å². The lowest BCUT2D eigenvalue weighted by atomic mass is 10.1. The minimum atomic E-state index is -0.166. The molecule has 1 aliphatic rings. The molecule has 3 aromatic rings. The summed E-state index contributed by atoms with van der Waals surface area (Å²) >= 11 is 0. The van der Waals surface area contributed by atoms with Gasteiger partial charge in [-0.1, -0.05) is 35.5 Å². The third kappa shape index (κ3) is 3.39. The van der Waals surface area contributed by atoms with E-state index >= 15 is 0 Å². The van der Waals surface area contributed by atoms with E-state index in [0.29, 0.717) is 23.8 Å². The molecule has 3 heterocycles. The van der Waals surface area contributed by atoms with Crippen LogP contribution >= 0.6 is 0 Å². The van der Waals surface area contributed by atoms with Gasteiger partial charge in [0.1, 0.15) is 6.04 Å². The summed E-state index contributed by atoms with van der Waals surface area (Å²) in [5.41, 5.74) is 1.55. The average molecular weight is 364 g/mol. The summed E-state index contributed by atoms with van der Waals surface area (Å²) in [7, 11) is 0. The van der Waals surface area contributed by atoms with Crippen molar-refractivity contribution in [2.75, 3.05) is 6.54 Å². The molecule has 6 heteroatoms. The van der Waals surface area contributed by atoms with Gasteiger partial charge in [0.2, 0.25) is 11.7 Å². The maximum atomic E-state index is 13.1. The largest absolute Gasteiger partial charge is 0.348 e. The number of carbonyl (C=O) groups is 1. The first-order chi connectivity index (χ1) is 12.9. The van der Waals surface area contributed by atoms with Crippen LogP contribution in [0.3, 0.4) is 0 Å². The molecule has 0 saturated carbocycles. The van der Waals surface area contributed by atoms with Crippen molar-refractivity contribution in [3.05, 3.63) is 60.2 Å². The van der Waals surface area contributed by atoms with Crippen LogP contribution in [0.4, 0.5) is 0 Å². The molecule has 0 spiro atoms. The number of benzene rings is 1. The van der Waals surface area contributed by atoms with Crippen molar-refractivity contribution in [1.82, 2.24) is 19.6 Å². The van der Waals surface area contributed by atoms with Crippen LogP contribution in [0.15, 0.2) is 53.3 Å². The quantitative estimate of drug-likeness (QED) is 0.696. The van der Waals surface area contributed by atoms with Gasteiger partial charge >= 0.3 is 0 Å². The Hall–Kier alpha value is -2.89. The van der Waals surface area contributed by atoms with E-state index in [1.54, 1.807) is 0 Å². The maximum Gasteiger partial charge on any atom is 0.256 e. The van der Waals surface area contributed by atoms with E-state index in [0.717, 1.165) is 18.4 Å². The van der Waals surface area contributed by atoms with E-state index in [-0.39, 0.29) is 17.5 Å². The van der Waals surface area contributed by atoms with Crippen LogP contribution in [0, 0.1) is 0 Å². The molecule has 140 valence electrons. The van der Waals surface area contributed by atoms with Crippen molar-refractivity contribution in [2.45, 2.75) is 45.2 Å². The third-order valence-corrected chi connectivity index (χ3v) is 4.99. The number of hydrogen-bond acceptors (Lipinski definition) is 4. The van der Waals surface area contributed by atoms with Gasteiger partial charge in [0, 0.05) is 30.0 Å². The molecule has 1 aromatic carbocycles. The number of hydrogen-bond donors (Lipinski definition) is 0. The molecule has 4 rings (SSSR count). The lowest BCUT2D eigenvalue weighted by molar-refractivity contribution is 0.0710. The van der Waals surface area contributed by atoms with Crippen molar-refractivity contribution in [1.29, 1.82) is 0 Å². The Labute approximate surface area is 158 Å². The monoisotopic (exact) mass is 364 g/mol. The van der Waals surface area contributed by atoms with E-state index in [1.807, 2.05) is 53.7 Å². The van der Waals surface area contributed by atoms with Crippen LogP contribution in [0.25, 0.3) is 11.4 Å². The summed E-state index contributed by atoms with van der Waals surface area (Å²) < 4.78 is 7.58. The van der Waals surface area contributed by atoms with Crippen LogP contribution in [-0.2, 0) is 5.54 Å². The highest BCUT2D eigenvalue weighted by Gasteiger charge is 2.35. The summed E-state index contributed by atoms with van der Waals surface area (Å²) in [5, 5.41) is 4.11. The normalized spacial score (nSPS) is 17.4. The first-order valence-electron chi connectivity index (χ1n) is 9.32. The van der Waals surface area contributed by atoms with E-state index in [1.165, 1.54) is 0 Å². The number of carbonyl (C=O) groups excluding carboxylic acids is 1. The van der Waals surface area contributed by atoms with Gasteiger partial charge in [-0.25, -0.2) is 0 Å². The molecule has 1 aliphatic heterocycles. The van der Waals surface area contributed by atoms with Gasteiger partial charge in [-0.3, -0.25) is 4.79 Å². The van der Waals surface area contributed by atoms with Gasteiger partial charge in [0.15, 0.2) is 0 Å². The second-order valence-corrected chi connectivity index (χ2v) is 7.96. The van der Waals surface area contributed by atoms with E-state index in [9.17, 15) is 4.79 Å². The fraction of sp³-hybridized carbons (Fsp3) is 0.381. The molecule has 0 unspecified atom stereocenters. The molecule has 1 saturated heterocycles. The van der Waals surface area contributed by atoms with Crippen molar-refractivity contribution in [2.24, 2.45) is 0 Å². The summed E-state index contributed by atoms with van der Waals surface area (Å²) in [6, 6.07) is 11.4. The molecule has 0 radical (unpaired) electrons. The number of likely N-dealkylation sites (tertiary alicyclic amines) is 1. The van der Waals surface area contributed by atoms with Gasteiger partial charge in [-0.2, -0.15) is 4.98 Å². The lowest BCUT2D eigenvalue weighted by Crippen LogP contribution is -2.30. The Kier molecular flexibility index (Phi) is 4.34. The molecule has 0 N–H and O–H groups in total. The summed E-state index contributed by atoms with van der Waals surface area (Å²) in [5.74, 6) is 1.08. The number of aromatic nitrogens is 3. The van der Waals surface area contributed by atoms with Gasteiger partial charge in [-0.15, -0.1) is 0 Å². The highest BCUT2D eigenvalue weighted by molar-refractivity contribution is 5.94. The minimum Gasteiger partial charge on any atom is -0.348 e. The smallest absolute Gasteiger partial charge is 0.256 e. The van der Waals surface area contributed by atoms with Crippen LogP contribution in [0.1, 0.15) is 55.9 Å². The Morgan fingerprint density at radius 3 is 2.67 bits per heavy atom. The highest BCUT2D eigenvalue weighted by Crippen LogP contribution is 2.33. The SMILES string of the molecule is CC(C)(C)n1ccc(C(=O)N2CCC[C@@H]2c2nc(-c3ccccc3)no2)c1. The fourth-order valence-electron chi connectivity index (χ4n) is 3.45. The van der Waals surface area contributed by atoms with Crippen molar-refractivity contribution in [3.63, 3.8) is 0 Å². The molecule has 0 bridgehead atoms. The van der Waals surface area contributed by atoms with Crippen molar-refractivity contribution in [3.8, 4) is 11.4 Å². The van der Waals surface area contributed by atoms with Gasteiger partial charge in [0.05, 0.1) is 5.56 Å². The van der Waals surface area contributed by atoms with Gasteiger partial charge in [0.25, 0.3) is 5.91 Å². The summed E-state index contributed by atoms with van der Waals surface area (Å²) in [4.78, 5) is 19.5. The Morgan fingerprint density at radius 1 is 1.19 bits per heavy atom. The fourth-order valence-corrected chi connectivity index (χ4v) is 3.45. The lowest BCUT2D eigenvalue weighted by Gasteiger charge is -2.22. The van der Waals surface area contributed by atoms with Gasteiger partial charge < -0.3 is 14.0 Å². The first-order valence-corrected chi connectivity index (χ1v) is 9.32. The number of nitrogens with zero attached hydrogens (tertiary/aromatic N) is 4. The molecule has 6 nitrogen and oxygen atoms in total. The third-order valence-electron chi connectivity index (χ3n) is 4.99. The predicted octanol–water partition coefficient (Wildman–Crippen LogP) is 4.27. The average Bonchev–Trinajstić information content (AvgIpc) is 3.40. The molecule has 0 aliphatic carbocycles. The van der Waals surface area contributed by atoms with Crippen LogP contribution in [0.2, 0.25) is 0 Å². The molecule has 1 fully saturated rings. The van der Waals surface area contributed by atoms with E-state index in [4.69, 9.17) is 4.52 Å². The number of rotatable bonds is 3. The van der Waals surface area contributed by atoms with Crippen molar-refractivity contribution < 1.29 is 9.32 Å². The Morgan fingerprint density at radius 2 is 1.96 bits per heavy atom. The molecular formula is C21H24N4O2. The Bertz CT molecular complexity index is 937. The zero-order valence-electron chi connectivity index (χ0n) is 15.9. The molecule has 2 aromatic heterocycles. The second kappa shape index (κ2) is 6.68. The first kappa shape index (κ1) is 17.5. The number of amides is 1. The minimum absolute atomic E-state index is 0.0139. The maximum absolute atomic E-state index is 13.1. The Balaban J connectivity index is 1.57. The van der Waals surface area contributed by atoms with E-state index in [2.05, 4.69) is 35.5 Å². The molecule has 27 heavy (non-hydrogen) atoms. The van der Waals surface area contributed by atoms with Crippen LogP contribution < -0.4 is 0 Å². The molecule has 1 atom stereocenters. The zero-order valence-corrected chi connectivity index (χ0v) is 15.9. The summed E-state index contributed by atoms with van der Waals surface area (Å²) in [6.07, 6.45) is 5.64. The molecule has 1 amide bonds. The predicted molar refractivity (Wildman–Crippen MR) is 102 cm³/mol. The van der Waals surface area contributed by atoms with Gasteiger partial charge in [-0.05, 0) is 39.7 Å². The topological polar surface area (TPSA) is 64.2 Å². The highest BCUT2D eigenvalue weighted by atomic mass is 16.5. The van der Waals surface area contributed by atoms with Crippen LogP contribution in [0.5, 0.6) is 0 Å². The zero-order chi connectivity index (χ0) is 19.0. The molecular weight excluding hydrogens is 340 g/mol. The standard InChI is InChI=1S/C21H24N4O2/c1-21(2,3)24-13-11-16(14-24)20(26)25-12-7-10-17(25)19-22-18(23-27-19)15-8-5-4-6-9-15/h4-6,8-9,11,13-14,17H,7,10,12H2,1-3H3/t17-/m1/s1. The van der Waals surface area contributed by atoms with Crippen LogP contribution in [-0.4, -0.2) is 32.1 Å².